The van der Waals surface area contributed by atoms with Gasteiger partial charge in [0.25, 0.3) is 0 Å². The van der Waals surface area contributed by atoms with Crippen LogP contribution in [0.25, 0.3) is 6.08 Å². The average molecular weight is 338 g/mol. The van der Waals surface area contributed by atoms with Crippen molar-refractivity contribution in [2.24, 2.45) is 4.99 Å². The zero-order valence-electron chi connectivity index (χ0n) is 15.2. The Morgan fingerprint density at radius 3 is 2.50 bits per heavy atom. The maximum atomic E-state index is 4.70. The predicted molar refractivity (Wildman–Crippen MR) is 109 cm³/mol. The Labute approximate surface area is 155 Å². The zero-order chi connectivity index (χ0) is 17.9. The van der Waals surface area contributed by atoms with E-state index in [2.05, 4.69) is 61.3 Å². The third-order valence-corrected chi connectivity index (χ3v) is 4.66. The molecule has 0 radical (unpaired) electrons. The highest BCUT2D eigenvalue weighted by molar-refractivity contribution is 6.13. The Hall–Kier alpha value is -3.00. The van der Waals surface area contributed by atoms with E-state index >= 15 is 0 Å². The van der Waals surface area contributed by atoms with Crippen molar-refractivity contribution in [1.82, 2.24) is 4.98 Å². The smallest absolute Gasteiger partial charge is 0.0655 e. The Morgan fingerprint density at radius 1 is 0.885 bits per heavy atom. The molecule has 0 atom stereocenters. The highest BCUT2D eigenvalue weighted by atomic mass is 14.8. The second-order valence-electron chi connectivity index (χ2n) is 6.95. The largest absolute Gasteiger partial charge is 0.280 e. The molecule has 0 bridgehead atoms. The lowest BCUT2D eigenvalue weighted by Crippen LogP contribution is -1.98. The molecular weight excluding hydrogens is 316 g/mol. The third kappa shape index (κ3) is 3.65. The number of nitrogens with zero attached hydrogens (tertiary/aromatic N) is 2. The number of aliphatic imine (C=N–C) groups is 1. The lowest BCUT2D eigenvalue weighted by Gasteiger charge is -2.08. The van der Waals surface area contributed by atoms with Gasteiger partial charge in [0, 0.05) is 11.8 Å². The molecule has 1 aromatic heterocycles. The monoisotopic (exact) mass is 338 g/mol. The first kappa shape index (κ1) is 16.5. The van der Waals surface area contributed by atoms with Crippen LogP contribution < -0.4 is 0 Å². The number of hydrogen-bond acceptors (Lipinski definition) is 2. The Kier molecular flexibility index (Phi) is 4.49. The van der Waals surface area contributed by atoms with Gasteiger partial charge < -0.3 is 0 Å². The molecule has 2 aromatic carbocycles. The van der Waals surface area contributed by atoms with Gasteiger partial charge in [-0.2, -0.15) is 0 Å². The number of aromatic nitrogens is 1. The second-order valence-corrected chi connectivity index (χ2v) is 6.95. The lowest BCUT2D eigenvalue weighted by atomic mass is 9.96. The maximum Gasteiger partial charge on any atom is 0.0655 e. The molecule has 0 aliphatic carbocycles. The molecule has 3 aromatic rings. The summed E-state index contributed by atoms with van der Waals surface area (Å²) in [4.78, 5) is 9.04. The molecule has 0 fully saturated rings. The van der Waals surface area contributed by atoms with Gasteiger partial charge in [-0.25, -0.2) is 0 Å². The number of allylic oxidation sites excluding steroid dienone is 1. The van der Waals surface area contributed by atoms with Crippen LogP contribution in [-0.4, -0.2) is 10.7 Å². The van der Waals surface area contributed by atoms with Crippen molar-refractivity contribution >= 4 is 11.8 Å². The van der Waals surface area contributed by atoms with Crippen LogP contribution in [0.2, 0.25) is 0 Å². The number of rotatable bonds is 4. The van der Waals surface area contributed by atoms with E-state index in [4.69, 9.17) is 4.99 Å². The van der Waals surface area contributed by atoms with Gasteiger partial charge in [0.2, 0.25) is 0 Å². The van der Waals surface area contributed by atoms with Crippen LogP contribution >= 0.6 is 0 Å². The quantitative estimate of drug-likeness (QED) is 0.633. The molecule has 0 N–H and O–H groups in total. The number of pyridine rings is 1. The molecular formula is C24H22N2. The minimum absolute atomic E-state index is 0.765. The fourth-order valence-electron chi connectivity index (χ4n) is 3.55. The number of benzene rings is 2. The van der Waals surface area contributed by atoms with Crippen molar-refractivity contribution < 1.29 is 0 Å². The summed E-state index contributed by atoms with van der Waals surface area (Å²) in [5.74, 6) is 0. The topological polar surface area (TPSA) is 25.2 Å². The molecule has 2 heteroatoms. The van der Waals surface area contributed by atoms with E-state index in [1.165, 1.54) is 33.4 Å². The number of hydrogen-bond donors (Lipinski definition) is 0. The van der Waals surface area contributed by atoms with Crippen LogP contribution in [0.1, 0.15) is 39.1 Å². The molecule has 0 unspecified atom stereocenters. The molecule has 26 heavy (non-hydrogen) atoms. The van der Waals surface area contributed by atoms with Gasteiger partial charge in [-0.05, 0) is 67.3 Å². The van der Waals surface area contributed by atoms with Crippen molar-refractivity contribution in [3.05, 3.63) is 106 Å². The van der Waals surface area contributed by atoms with Crippen molar-refractivity contribution in [3.8, 4) is 0 Å². The van der Waals surface area contributed by atoms with Gasteiger partial charge in [0.05, 0.1) is 18.0 Å². The molecule has 0 amide bonds. The summed E-state index contributed by atoms with van der Waals surface area (Å²) >= 11 is 0. The fraction of sp³-hybridized carbons (Fsp3) is 0.167. The summed E-state index contributed by atoms with van der Waals surface area (Å²) < 4.78 is 0. The summed E-state index contributed by atoms with van der Waals surface area (Å²) in [6, 6.07) is 19.4. The molecule has 4 rings (SSSR count). The first-order valence-corrected chi connectivity index (χ1v) is 9.00. The molecule has 128 valence electrons. The molecule has 2 nitrogen and oxygen atoms in total. The maximum absolute atomic E-state index is 4.70. The Balaban J connectivity index is 1.58. The van der Waals surface area contributed by atoms with Gasteiger partial charge in [-0.1, -0.05) is 47.5 Å². The Morgan fingerprint density at radius 2 is 1.73 bits per heavy atom. The SMILES string of the molecule is Cc1cc(C)cc(Cc2ccc3c(c2)C(/C=C/c2ccccn2)=NC3)c1. The summed E-state index contributed by atoms with van der Waals surface area (Å²) in [6.07, 6.45) is 6.87. The highest BCUT2D eigenvalue weighted by Crippen LogP contribution is 2.23. The summed E-state index contributed by atoms with van der Waals surface area (Å²) in [6.45, 7) is 5.08. The normalized spacial score (nSPS) is 13.1. The van der Waals surface area contributed by atoms with E-state index in [0.29, 0.717) is 0 Å². The molecule has 1 aliphatic rings. The predicted octanol–water partition coefficient (Wildman–Crippen LogP) is 5.31. The molecule has 0 spiro atoms. The highest BCUT2D eigenvalue weighted by Gasteiger charge is 2.14. The van der Waals surface area contributed by atoms with Crippen LogP contribution in [-0.2, 0) is 13.0 Å². The van der Waals surface area contributed by atoms with Gasteiger partial charge in [-0.15, -0.1) is 0 Å². The number of fused-ring (bicyclic) bond motifs is 1. The van der Waals surface area contributed by atoms with Crippen LogP contribution in [0.3, 0.4) is 0 Å². The fourth-order valence-corrected chi connectivity index (χ4v) is 3.55. The van der Waals surface area contributed by atoms with E-state index in [9.17, 15) is 0 Å². The van der Waals surface area contributed by atoms with Crippen molar-refractivity contribution in [1.29, 1.82) is 0 Å². The summed E-state index contributed by atoms with van der Waals surface area (Å²) in [5, 5.41) is 0. The van der Waals surface area contributed by atoms with Crippen molar-refractivity contribution in [3.63, 3.8) is 0 Å². The first-order chi connectivity index (χ1) is 12.7. The summed E-state index contributed by atoms with van der Waals surface area (Å²) in [5.41, 5.74) is 9.89. The molecule has 0 saturated heterocycles. The zero-order valence-corrected chi connectivity index (χ0v) is 15.2. The van der Waals surface area contributed by atoms with E-state index < -0.39 is 0 Å². The van der Waals surface area contributed by atoms with Crippen LogP contribution in [0.4, 0.5) is 0 Å². The van der Waals surface area contributed by atoms with E-state index in [0.717, 1.165) is 24.4 Å². The molecule has 1 aliphatic heterocycles. The van der Waals surface area contributed by atoms with Gasteiger partial charge in [0.1, 0.15) is 0 Å². The first-order valence-electron chi connectivity index (χ1n) is 9.00. The minimum atomic E-state index is 0.765. The van der Waals surface area contributed by atoms with E-state index in [1.54, 1.807) is 0 Å². The van der Waals surface area contributed by atoms with Crippen LogP contribution in [0.15, 0.2) is 71.9 Å². The van der Waals surface area contributed by atoms with Crippen LogP contribution in [0, 0.1) is 13.8 Å². The number of aryl methyl sites for hydroxylation is 2. The van der Waals surface area contributed by atoms with Gasteiger partial charge >= 0.3 is 0 Å². The lowest BCUT2D eigenvalue weighted by molar-refractivity contribution is 1.10. The van der Waals surface area contributed by atoms with E-state index in [1.807, 2.05) is 30.5 Å². The average Bonchev–Trinajstić information content (AvgIpc) is 3.02. The summed E-state index contributed by atoms with van der Waals surface area (Å²) in [7, 11) is 0. The van der Waals surface area contributed by atoms with E-state index in [-0.39, 0.29) is 0 Å². The van der Waals surface area contributed by atoms with Crippen LogP contribution in [0.5, 0.6) is 0 Å². The Bertz CT molecular complexity index is 978. The second kappa shape index (κ2) is 7.09. The van der Waals surface area contributed by atoms with Gasteiger partial charge in [-0.3, -0.25) is 9.98 Å². The van der Waals surface area contributed by atoms with Crippen molar-refractivity contribution in [2.75, 3.05) is 0 Å². The van der Waals surface area contributed by atoms with Gasteiger partial charge in [0.15, 0.2) is 0 Å². The minimum Gasteiger partial charge on any atom is -0.280 e. The standard InChI is InChI=1S/C24H22N2/c1-17-11-18(2)13-20(12-17)14-19-6-7-21-16-26-24(23(21)15-19)9-8-22-5-3-4-10-25-22/h3-13,15H,14,16H2,1-2H3/b9-8+. The molecule has 0 saturated carbocycles. The molecule has 2 heterocycles. The third-order valence-electron chi connectivity index (χ3n) is 4.66. The van der Waals surface area contributed by atoms with Crippen molar-refractivity contribution in [2.45, 2.75) is 26.8 Å².